The van der Waals surface area contributed by atoms with Crippen molar-refractivity contribution in [2.45, 2.75) is 65.2 Å². The van der Waals surface area contributed by atoms with Crippen LogP contribution in [0.1, 0.15) is 82.2 Å². The molecule has 0 saturated heterocycles. The van der Waals surface area contributed by atoms with Crippen molar-refractivity contribution in [3.63, 3.8) is 0 Å². The molecule has 0 saturated carbocycles. The van der Waals surface area contributed by atoms with Gasteiger partial charge in [-0.25, -0.2) is 0 Å². The summed E-state index contributed by atoms with van der Waals surface area (Å²) in [5.41, 5.74) is 4.84. The van der Waals surface area contributed by atoms with Crippen molar-refractivity contribution in [3.05, 3.63) is 94.6 Å². The summed E-state index contributed by atoms with van der Waals surface area (Å²) < 4.78 is 12.0. The maximum Gasteiger partial charge on any atom is 0.123 e. The number of phenols is 1. The third-order valence-corrected chi connectivity index (χ3v) is 7.06. The van der Waals surface area contributed by atoms with E-state index < -0.39 is 0 Å². The summed E-state index contributed by atoms with van der Waals surface area (Å²) in [4.78, 5) is 0. The van der Waals surface area contributed by atoms with Crippen LogP contribution in [0.3, 0.4) is 0 Å². The van der Waals surface area contributed by atoms with E-state index in [1.165, 1.54) is 0 Å². The molecule has 3 nitrogen and oxygen atoms in total. The van der Waals surface area contributed by atoms with E-state index in [0.29, 0.717) is 12.4 Å². The quantitative estimate of drug-likeness (QED) is 0.319. The van der Waals surface area contributed by atoms with Crippen molar-refractivity contribution in [1.82, 2.24) is 0 Å². The van der Waals surface area contributed by atoms with Crippen LogP contribution in [-0.2, 0) is 10.8 Å². The molecule has 0 radical (unpaired) electrons. The van der Waals surface area contributed by atoms with E-state index >= 15 is 0 Å². The van der Waals surface area contributed by atoms with Gasteiger partial charge in [0.2, 0.25) is 0 Å². The van der Waals surface area contributed by atoms with Crippen LogP contribution < -0.4 is 9.47 Å². The Kier molecular flexibility index (Phi) is 8.61. The Morgan fingerprint density at radius 3 is 1.78 bits per heavy atom. The van der Waals surface area contributed by atoms with Crippen molar-refractivity contribution in [2.24, 2.45) is 0 Å². The maximum atomic E-state index is 11.3. The molecule has 3 aromatic carbocycles. The lowest BCUT2D eigenvalue weighted by molar-refractivity contribution is 0.340. The predicted molar refractivity (Wildman–Crippen MR) is 155 cm³/mol. The first-order valence-corrected chi connectivity index (χ1v) is 13.3. The van der Waals surface area contributed by atoms with E-state index in [9.17, 15) is 5.11 Å². The highest BCUT2D eigenvalue weighted by Crippen LogP contribution is 2.43. The number of allylic oxidation sites excluding steroid dienone is 1. The fraction of sp³-hybridized carbons (Fsp3) is 0.375. The molecule has 192 valence electrons. The monoisotopic (exact) mass is 550 g/mol. The van der Waals surface area contributed by atoms with Crippen molar-refractivity contribution in [3.8, 4) is 17.2 Å². The van der Waals surface area contributed by atoms with Crippen LogP contribution in [0.2, 0.25) is 0 Å². The zero-order valence-electron chi connectivity index (χ0n) is 22.8. The Morgan fingerprint density at radius 1 is 0.833 bits per heavy atom. The highest BCUT2D eigenvalue weighted by molar-refractivity contribution is 9.15. The molecule has 36 heavy (non-hydrogen) atoms. The van der Waals surface area contributed by atoms with Gasteiger partial charge in [-0.2, -0.15) is 0 Å². The molecule has 0 fully saturated rings. The molecule has 0 heterocycles. The predicted octanol–water partition coefficient (Wildman–Crippen LogP) is 8.96. The molecule has 0 aliphatic rings. The van der Waals surface area contributed by atoms with E-state index in [1.54, 1.807) is 7.11 Å². The van der Waals surface area contributed by atoms with Gasteiger partial charge in [0.05, 0.1) is 13.7 Å². The number of methoxy groups -OCH3 is 1. The summed E-state index contributed by atoms with van der Waals surface area (Å²) in [5, 5.41) is 11.3. The van der Waals surface area contributed by atoms with Gasteiger partial charge >= 0.3 is 0 Å². The second-order valence-electron chi connectivity index (χ2n) is 11.2. The molecule has 0 spiro atoms. The molecule has 1 unspecified atom stereocenters. The van der Waals surface area contributed by atoms with Crippen LogP contribution >= 0.6 is 15.9 Å². The van der Waals surface area contributed by atoms with E-state index in [2.05, 4.69) is 99.9 Å². The van der Waals surface area contributed by atoms with Crippen LogP contribution in [0.4, 0.5) is 0 Å². The summed E-state index contributed by atoms with van der Waals surface area (Å²) in [6.07, 6.45) is 2.24. The van der Waals surface area contributed by atoms with Crippen molar-refractivity contribution >= 4 is 20.4 Å². The van der Waals surface area contributed by atoms with E-state index in [1.807, 2.05) is 31.2 Å². The first-order chi connectivity index (χ1) is 16.8. The first-order valence-electron chi connectivity index (χ1n) is 12.5. The summed E-state index contributed by atoms with van der Waals surface area (Å²) in [6, 6.07) is 20.6. The number of hydrogen-bond donors (Lipinski definition) is 1. The second kappa shape index (κ2) is 11.1. The van der Waals surface area contributed by atoms with Gasteiger partial charge in [-0.05, 0) is 69.8 Å². The average molecular weight is 552 g/mol. The molecule has 0 aromatic heterocycles. The zero-order valence-corrected chi connectivity index (χ0v) is 24.4. The van der Waals surface area contributed by atoms with Crippen LogP contribution in [0, 0.1) is 0 Å². The summed E-state index contributed by atoms with van der Waals surface area (Å²) >= 11 is 3.85. The van der Waals surface area contributed by atoms with Crippen LogP contribution in [0.5, 0.6) is 17.2 Å². The highest BCUT2D eigenvalue weighted by atomic mass is 79.9. The minimum atomic E-state index is -0.208. The van der Waals surface area contributed by atoms with Crippen molar-refractivity contribution in [1.29, 1.82) is 0 Å². The van der Waals surface area contributed by atoms with Crippen LogP contribution in [0.25, 0.3) is 4.48 Å². The van der Waals surface area contributed by atoms with Gasteiger partial charge in [0.15, 0.2) is 0 Å². The first kappa shape index (κ1) is 27.9. The summed E-state index contributed by atoms with van der Waals surface area (Å²) in [5.74, 6) is 2.03. The average Bonchev–Trinajstić information content (AvgIpc) is 2.82. The SMILES string of the molecule is CCOc1ccc(/C(Br)=C/C(c2ccc(OC)cc2)c2cc(C(C)(C)C)c(O)c(C(C)(C)C)c2)cc1. The Labute approximate surface area is 225 Å². The Morgan fingerprint density at radius 2 is 1.33 bits per heavy atom. The molecule has 0 amide bonds. The van der Waals surface area contributed by atoms with Gasteiger partial charge < -0.3 is 14.6 Å². The smallest absolute Gasteiger partial charge is 0.123 e. The lowest BCUT2D eigenvalue weighted by Gasteiger charge is -2.29. The minimum absolute atomic E-state index is 0.0420. The molecule has 4 heteroatoms. The summed E-state index contributed by atoms with van der Waals surface area (Å²) in [6.45, 7) is 15.5. The van der Waals surface area contributed by atoms with Crippen molar-refractivity contribution in [2.75, 3.05) is 13.7 Å². The fourth-order valence-corrected chi connectivity index (χ4v) is 4.82. The molecular weight excluding hydrogens is 512 g/mol. The minimum Gasteiger partial charge on any atom is -0.507 e. The number of aromatic hydroxyl groups is 1. The number of rotatable bonds is 7. The molecule has 0 bridgehead atoms. The van der Waals surface area contributed by atoms with E-state index in [4.69, 9.17) is 9.47 Å². The highest BCUT2D eigenvalue weighted by Gasteiger charge is 2.28. The third kappa shape index (κ3) is 6.53. The molecule has 3 rings (SSSR count). The van der Waals surface area contributed by atoms with Crippen LogP contribution in [0.15, 0.2) is 66.7 Å². The van der Waals surface area contributed by atoms with Gasteiger partial charge in [0.1, 0.15) is 17.2 Å². The number of hydrogen-bond acceptors (Lipinski definition) is 3. The number of benzene rings is 3. The van der Waals surface area contributed by atoms with Crippen molar-refractivity contribution < 1.29 is 14.6 Å². The normalized spacial score (nSPS) is 13.4. The van der Waals surface area contributed by atoms with Gasteiger partial charge in [0.25, 0.3) is 0 Å². The van der Waals surface area contributed by atoms with E-state index in [-0.39, 0.29) is 16.7 Å². The van der Waals surface area contributed by atoms with Gasteiger partial charge in [-0.3, -0.25) is 0 Å². The summed E-state index contributed by atoms with van der Waals surface area (Å²) in [7, 11) is 1.68. The van der Waals surface area contributed by atoms with E-state index in [0.717, 1.165) is 43.8 Å². The largest absolute Gasteiger partial charge is 0.507 e. The Balaban J connectivity index is 2.22. The second-order valence-corrected chi connectivity index (χ2v) is 12.0. The standard InChI is InChI=1S/C32H39BrO3/c1-9-36-25-16-12-22(13-17-25)29(33)20-26(21-10-14-24(35-8)15-11-21)23-18-27(31(2,3)4)30(34)28(19-23)32(5,6)7/h10-20,26,34H,9H2,1-8H3/b29-20-. The fourth-order valence-electron chi connectivity index (χ4n) is 4.30. The van der Waals surface area contributed by atoms with Crippen LogP contribution in [-0.4, -0.2) is 18.8 Å². The molecule has 0 aliphatic carbocycles. The molecule has 0 aliphatic heterocycles. The molecule has 1 atom stereocenters. The van der Waals surface area contributed by atoms with Gasteiger partial charge in [0, 0.05) is 10.4 Å². The zero-order chi connectivity index (χ0) is 26.7. The number of halogens is 1. The topological polar surface area (TPSA) is 38.7 Å². The lowest BCUT2D eigenvalue weighted by Crippen LogP contribution is -2.18. The number of ether oxygens (including phenoxy) is 2. The number of phenolic OH excluding ortho intramolecular Hbond substituents is 1. The Bertz CT molecular complexity index is 1160. The molecular formula is C32H39BrO3. The van der Waals surface area contributed by atoms with Gasteiger partial charge in [-0.15, -0.1) is 0 Å². The molecule has 1 N–H and O–H groups in total. The van der Waals surface area contributed by atoms with Gasteiger partial charge in [-0.1, -0.05) is 99.9 Å². The molecule has 3 aromatic rings. The maximum absolute atomic E-state index is 11.3. The lowest BCUT2D eigenvalue weighted by atomic mass is 9.76. The Hall–Kier alpha value is -2.72. The third-order valence-electron chi connectivity index (χ3n) is 6.34.